The molecule has 22 heavy (non-hydrogen) atoms. The molecule has 1 saturated carbocycles. The Labute approximate surface area is 139 Å². The van der Waals surface area contributed by atoms with Crippen molar-refractivity contribution in [2.45, 2.75) is 51.4 Å². The van der Waals surface area contributed by atoms with E-state index in [2.05, 4.69) is 10.4 Å². The van der Waals surface area contributed by atoms with Gasteiger partial charge in [-0.05, 0) is 43.2 Å². The van der Waals surface area contributed by atoms with Gasteiger partial charge in [-0.25, -0.2) is 0 Å². The number of aromatic nitrogens is 2. The molecule has 0 aromatic carbocycles. The van der Waals surface area contributed by atoms with Crippen molar-refractivity contribution in [1.29, 1.82) is 0 Å². The first-order chi connectivity index (χ1) is 10.1. The van der Waals surface area contributed by atoms with E-state index in [1.165, 1.54) is 24.8 Å². The van der Waals surface area contributed by atoms with Crippen LogP contribution in [-0.2, 0) is 18.3 Å². The molecule has 2 rings (SSSR count). The minimum Gasteiger partial charge on any atom is -0.356 e. The number of hydrogen-bond donors (Lipinski definition) is 2. The van der Waals surface area contributed by atoms with Crippen molar-refractivity contribution in [3.63, 3.8) is 0 Å². The molecule has 1 heterocycles. The van der Waals surface area contributed by atoms with Crippen LogP contribution in [0.5, 0.6) is 0 Å². The molecule has 3 N–H and O–H groups in total. The standard InChI is InChI=1S/C16H28N4O.ClH/c1-20-12-14(11-19-20)6-5-9-18-15(21)10-16(13-17)7-3-2-4-8-16;/h11-12H,2-10,13,17H2,1H3,(H,18,21);1H. The molecular weight excluding hydrogens is 300 g/mol. The summed E-state index contributed by atoms with van der Waals surface area (Å²) in [4.78, 5) is 12.1. The van der Waals surface area contributed by atoms with E-state index in [1.54, 1.807) is 0 Å². The summed E-state index contributed by atoms with van der Waals surface area (Å²) in [5, 5.41) is 7.19. The SMILES string of the molecule is Cl.Cn1cc(CCCNC(=O)CC2(CN)CCCCC2)cn1. The summed E-state index contributed by atoms with van der Waals surface area (Å²) in [7, 11) is 1.92. The summed E-state index contributed by atoms with van der Waals surface area (Å²) in [5.41, 5.74) is 7.21. The van der Waals surface area contributed by atoms with Crippen molar-refractivity contribution < 1.29 is 4.79 Å². The van der Waals surface area contributed by atoms with Crippen LogP contribution in [0, 0.1) is 5.41 Å². The Balaban J connectivity index is 0.00000242. The third-order valence-electron chi connectivity index (χ3n) is 4.61. The number of rotatable bonds is 7. The highest BCUT2D eigenvalue weighted by Gasteiger charge is 2.32. The fraction of sp³-hybridized carbons (Fsp3) is 0.750. The minimum atomic E-state index is 0. The van der Waals surface area contributed by atoms with Crippen LogP contribution in [0.3, 0.4) is 0 Å². The molecule has 0 atom stereocenters. The maximum absolute atomic E-state index is 12.1. The van der Waals surface area contributed by atoms with E-state index in [4.69, 9.17) is 5.73 Å². The summed E-state index contributed by atoms with van der Waals surface area (Å²) in [6, 6.07) is 0. The molecule has 0 bridgehead atoms. The quantitative estimate of drug-likeness (QED) is 0.753. The zero-order valence-corrected chi connectivity index (χ0v) is 14.3. The molecule has 0 unspecified atom stereocenters. The number of nitrogens with zero attached hydrogens (tertiary/aromatic N) is 2. The Morgan fingerprint density at radius 2 is 2.14 bits per heavy atom. The normalized spacial score (nSPS) is 16.8. The van der Waals surface area contributed by atoms with Crippen LogP contribution >= 0.6 is 12.4 Å². The number of carbonyl (C=O) groups is 1. The van der Waals surface area contributed by atoms with E-state index in [0.717, 1.165) is 32.2 Å². The second-order valence-electron chi connectivity index (χ2n) is 6.42. The van der Waals surface area contributed by atoms with Crippen LogP contribution in [0.25, 0.3) is 0 Å². The Kier molecular flexibility index (Phi) is 7.90. The molecule has 0 aliphatic heterocycles. The predicted octanol–water partition coefficient (Wildman–Crippen LogP) is 2.19. The number of halogens is 1. The number of amides is 1. The summed E-state index contributed by atoms with van der Waals surface area (Å²) in [5.74, 6) is 0.161. The van der Waals surface area contributed by atoms with Gasteiger partial charge in [-0.15, -0.1) is 12.4 Å². The van der Waals surface area contributed by atoms with Crippen LogP contribution in [-0.4, -0.2) is 28.8 Å². The van der Waals surface area contributed by atoms with Crippen molar-refractivity contribution >= 4 is 18.3 Å². The third-order valence-corrected chi connectivity index (χ3v) is 4.61. The molecule has 1 aromatic heterocycles. The molecule has 1 fully saturated rings. The lowest BCUT2D eigenvalue weighted by Crippen LogP contribution is -2.38. The van der Waals surface area contributed by atoms with Gasteiger partial charge in [0, 0.05) is 26.2 Å². The molecule has 1 aliphatic rings. The number of hydrogen-bond acceptors (Lipinski definition) is 3. The highest BCUT2D eigenvalue weighted by Crippen LogP contribution is 2.38. The fourth-order valence-electron chi connectivity index (χ4n) is 3.28. The maximum Gasteiger partial charge on any atom is 0.220 e. The molecule has 5 nitrogen and oxygen atoms in total. The molecule has 0 saturated heterocycles. The molecule has 6 heteroatoms. The van der Waals surface area contributed by atoms with E-state index >= 15 is 0 Å². The van der Waals surface area contributed by atoms with Crippen LogP contribution in [0.15, 0.2) is 12.4 Å². The average Bonchev–Trinajstić information content (AvgIpc) is 2.90. The summed E-state index contributed by atoms with van der Waals surface area (Å²) >= 11 is 0. The fourth-order valence-corrected chi connectivity index (χ4v) is 3.28. The highest BCUT2D eigenvalue weighted by molar-refractivity contribution is 5.85. The summed E-state index contributed by atoms with van der Waals surface area (Å²) < 4.78 is 1.81. The Hall–Kier alpha value is -1.07. The molecule has 126 valence electrons. The van der Waals surface area contributed by atoms with E-state index in [9.17, 15) is 4.79 Å². The monoisotopic (exact) mass is 328 g/mol. The van der Waals surface area contributed by atoms with E-state index < -0.39 is 0 Å². The zero-order valence-electron chi connectivity index (χ0n) is 13.5. The molecule has 1 aliphatic carbocycles. The lowest BCUT2D eigenvalue weighted by atomic mass is 9.71. The molecule has 0 spiro atoms. The summed E-state index contributed by atoms with van der Waals surface area (Å²) in [6.45, 7) is 1.37. The molecular formula is C16H29ClN4O. The van der Waals surface area contributed by atoms with Crippen LogP contribution in [0.4, 0.5) is 0 Å². The lowest BCUT2D eigenvalue weighted by molar-refractivity contribution is -0.123. The third kappa shape index (κ3) is 5.61. The van der Waals surface area contributed by atoms with Crippen molar-refractivity contribution in [1.82, 2.24) is 15.1 Å². The van der Waals surface area contributed by atoms with Crippen molar-refractivity contribution in [2.24, 2.45) is 18.2 Å². The van der Waals surface area contributed by atoms with Gasteiger partial charge in [-0.3, -0.25) is 9.48 Å². The number of aryl methyl sites for hydroxylation is 2. The largest absolute Gasteiger partial charge is 0.356 e. The molecule has 1 amide bonds. The van der Waals surface area contributed by atoms with Crippen molar-refractivity contribution in [3.05, 3.63) is 18.0 Å². The Morgan fingerprint density at radius 3 is 2.73 bits per heavy atom. The number of carbonyl (C=O) groups excluding carboxylic acids is 1. The van der Waals surface area contributed by atoms with Crippen LogP contribution in [0.2, 0.25) is 0 Å². The first-order valence-corrected chi connectivity index (χ1v) is 8.08. The predicted molar refractivity (Wildman–Crippen MR) is 91.0 cm³/mol. The van der Waals surface area contributed by atoms with Gasteiger partial charge < -0.3 is 11.1 Å². The van der Waals surface area contributed by atoms with Gasteiger partial charge in [0.25, 0.3) is 0 Å². The second-order valence-corrected chi connectivity index (χ2v) is 6.42. The van der Waals surface area contributed by atoms with Gasteiger partial charge >= 0.3 is 0 Å². The molecule has 1 aromatic rings. The highest BCUT2D eigenvalue weighted by atomic mass is 35.5. The van der Waals surface area contributed by atoms with Gasteiger partial charge in [-0.1, -0.05) is 19.3 Å². The second kappa shape index (κ2) is 9.16. The number of nitrogens with two attached hydrogens (primary N) is 1. The number of nitrogens with one attached hydrogen (secondary N) is 1. The average molecular weight is 329 g/mol. The van der Waals surface area contributed by atoms with Gasteiger partial charge in [0.1, 0.15) is 0 Å². The zero-order chi connectivity index (χ0) is 15.1. The lowest BCUT2D eigenvalue weighted by Gasteiger charge is -2.35. The van der Waals surface area contributed by atoms with Gasteiger partial charge in [-0.2, -0.15) is 5.10 Å². The van der Waals surface area contributed by atoms with Crippen LogP contribution < -0.4 is 11.1 Å². The van der Waals surface area contributed by atoms with Gasteiger partial charge in [0.05, 0.1) is 6.20 Å². The molecule has 0 radical (unpaired) electrons. The van der Waals surface area contributed by atoms with Crippen molar-refractivity contribution in [3.8, 4) is 0 Å². The van der Waals surface area contributed by atoms with Gasteiger partial charge in [0.2, 0.25) is 5.91 Å². The Morgan fingerprint density at radius 1 is 1.41 bits per heavy atom. The van der Waals surface area contributed by atoms with E-state index in [-0.39, 0.29) is 23.7 Å². The van der Waals surface area contributed by atoms with Crippen molar-refractivity contribution in [2.75, 3.05) is 13.1 Å². The first kappa shape index (κ1) is 19.0. The first-order valence-electron chi connectivity index (χ1n) is 8.08. The van der Waals surface area contributed by atoms with Crippen LogP contribution in [0.1, 0.15) is 50.5 Å². The summed E-state index contributed by atoms with van der Waals surface area (Å²) in [6.07, 6.45) is 12.3. The topological polar surface area (TPSA) is 72.9 Å². The Bertz CT molecular complexity index is 455. The maximum atomic E-state index is 12.1. The minimum absolute atomic E-state index is 0. The van der Waals surface area contributed by atoms with Gasteiger partial charge in [0.15, 0.2) is 0 Å². The smallest absolute Gasteiger partial charge is 0.220 e. The van der Waals surface area contributed by atoms with E-state index in [1.807, 2.05) is 24.1 Å². The van der Waals surface area contributed by atoms with E-state index in [0.29, 0.717) is 13.0 Å².